The van der Waals surface area contributed by atoms with Crippen LogP contribution in [0, 0.1) is 10.1 Å². The van der Waals surface area contributed by atoms with Gasteiger partial charge in [-0.25, -0.2) is 0 Å². The number of hydrogen-bond acceptors (Lipinski definition) is 6. The number of non-ortho nitro benzene ring substituents is 1. The van der Waals surface area contributed by atoms with E-state index in [0.717, 1.165) is 31.7 Å². The Bertz CT molecular complexity index is 700. The Balaban J connectivity index is 1.66. The van der Waals surface area contributed by atoms with Crippen LogP contribution in [-0.4, -0.2) is 54.3 Å². The van der Waals surface area contributed by atoms with E-state index in [1.165, 1.54) is 12.1 Å². The average Bonchev–Trinajstić information content (AvgIpc) is 3.03. The molecular weight excluding hydrogens is 296 g/mol. The maximum atomic E-state index is 10.7. The number of furan rings is 1. The van der Waals surface area contributed by atoms with E-state index in [1.54, 1.807) is 18.3 Å². The standard InChI is InChI=1S/C16H18N4O3/c1-18-8-10-19(11-9-18)17-12-15-6-7-16(23-15)13-2-4-14(5-3-13)20(21)22/h2-7,12H,8-11H2,1H3/b17-12+. The number of nitro groups is 1. The van der Waals surface area contributed by atoms with Crippen molar-refractivity contribution in [2.24, 2.45) is 5.10 Å². The van der Waals surface area contributed by atoms with E-state index in [1.807, 2.05) is 17.1 Å². The van der Waals surface area contributed by atoms with Crippen molar-refractivity contribution >= 4 is 11.9 Å². The summed E-state index contributed by atoms with van der Waals surface area (Å²) in [6.07, 6.45) is 1.71. The van der Waals surface area contributed by atoms with Crippen molar-refractivity contribution in [2.45, 2.75) is 0 Å². The molecule has 2 heterocycles. The Morgan fingerprint density at radius 3 is 2.48 bits per heavy atom. The molecule has 0 radical (unpaired) electrons. The first-order chi connectivity index (χ1) is 11.1. The van der Waals surface area contributed by atoms with E-state index >= 15 is 0 Å². The van der Waals surface area contributed by atoms with E-state index in [0.29, 0.717) is 11.5 Å². The zero-order chi connectivity index (χ0) is 16.2. The maximum Gasteiger partial charge on any atom is 0.269 e. The third-order valence-corrected chi connectivity index (χ3v) is 3.82. The summed E-state index contributed by atoms with van der Waals surface area (Å²) in [5.74, 6) is 1.33. The van der Waals surface area contributed by atoms with Crippen molar-refractivity contribution in [1.82, 2.24) is 9.91 Å². The van der Waals surface area contributed by atoms with Crippen LogP contribution in [-0.2, 0) is 0 Å². The second-order valence-corrected chi connectivity index (χ2v) is 5.51. The lowest BCUT2D eigenvalue weighted by atomic mass is 10.1. The SMILES string of the molecule is CN1CCN(/N=C/c2ccc(-c3ccc([N+](=O)[O-])cc3)o2)CC1. The first kappa shape index (κ1) is 15.2. The Labute approximate surface area is 134 Å². The largest absolute Gasteiger partial charge is 0.455 e. The van der Waals surface area contributed by atoms with Crippen LogP contribution in [0.15, 0.2) is 45.9 Å². The van der Waals surface area contributed by atoms with Gasteiger partial charge >= 0.3 is 0 Å². The minimum atomic E-state index is -0.417. The second kappa shape index (κ2) is 6.62. The number of nitrogens with zero attached hydrogens (tertiary/aromatic N) is 4. The summed E-state index contributed by atoms with van der Waals surface area (Å²) in [5, 5.41) is 17.1. The lowest BCUT2D eigenvalue weighted by Gasteiger charge is -2.30. The van der Waals surface area contributed by atoms with Crippen molar-refractivity contribution in [3.8, 4) is 11.3 Å². The Morgan fingerprint density at radius 1 is 1.13 bits per heavy atom. The number of benzene rings is 1. The highest BCUT2D eigenvalue weighted by atomic mass is 16.6. The molecule has 1 fully saturated rings. The van der Waals surface area contributed by atoms with E-state index in [2.05, 4.69) is 17.0 Å². The van der Waals surface area contributed by atoms with Crippen molar-refractivity contribution < 1.29 is 9.34 Å². The summed E-state index contributed by atoms with van der Waals surface area (Å²) < 4.78 is 5.73. The summed E-state index contributed by atoms with van der Waals surface area (Å²) in [6.45, 7) is 3.82. The highest BCUT2D eigenvalue weighted by molar-refractivity contribution is 5.77. The number of rotatable bonds is 4. The Morgan fingerprint density at radius 2 is 1.83 bits per heavy atom. The molecule has 0 unspecified atom stereocenters. The van der Waals surface area contributed by atoms with Crippen LogP contribution in [0.4, 0.5) is 5.69 Å². The number of likely N-dealkylation sites (N-methyl/N-ethyl adjacent to an activating group) is 1. The zero-order valence-corrected chi connectivity index (χ0v) is 12.9. The van der Waals surface area contributed by atoms with Gasteiger partial charge in [0, 0.05) is 43.9 Å². The van der Waals surface area contributed by atoms with Crippen LogP contribution in [0.3, 0.4) is 0 Å². The fourth-order valence-corrected chi connectivity index (χ4v) is 2.37. The summed E-state index contributed by atoms with van der Waals surface area (Å²) in [7, 11) is 2.10. The first-order valence-electron chi connectivity index (χ1n) is 7.44. The minimum Gasteiger partial charge on any atom is -0.455 e. The second-order valence-electron chi connectivity index (χ2n) is 5.51. The molecule has 0 bridgehead atoms. The van der Waals surface area contributed by atoms with Crippen LogP contribution >= 0.6 is 0 Å². The number of piperazine rings is 1. The van der Waals surface area contributed by atoms with Gasteiger partial charge in [-0.05, 0) is 31.3 Å². The predicted octanol–water partition coefficient (Wildman–Crippen LogP) is 2.44. The zero-order valence-electron chi connectivity index (χ0n) is 12.9. The average molecular weight is 314 g/mol. The minimum absolute atomic E-state index is 0.0668. The molecule has 3 rings (SSSR count). The molecule has 120 valence electrons. The van der Waals surface area contributed by atoms with E-state index in [-0.39, 0.29) is 5.69 Å². The van der Waals surface area contributed by atoms with Gasteiger partial charge in [0.15, 0.2) is 0 Å². The van der Waals surface area contributed by atoms with Crippen LogP contribution in [0.25, 0.3) is 11.3 Å². The molecule has 1 aliphatic rings. The van der Waals surface area contributed by atoms with Gasteiger partial charge in [0.1, 0.15) is 11.5 Å². The lowest BCUT2D eigenvalue weighted by Crippen LogP contribution is -2.41. The first-order valence-corrected chi connectivity index (χ1v) is 7.44. The highest BCUT2D eigenvalue weighted by Crippen LogP contribution is 2.24. The van der Waals surface area contributed by atoms with Crippen LogP contribution in [0.1, 0.15) is 5.76 Å². The molecule has 0 N–H and O–H groups in total. The fourth-order valence-electron chi connectivity index (χ4n) is 2.37. The van der Waals surface area contributed by atoms with Crippen molar-refractivity contribution in [3.63, 3.8) is 0 Å². The fraction of sp³-hybridized carbons (Fsp3) is 0.312. The number of hydrazone groups is 1. The van der Waals surface area contributed by atoms with Gasteiger partial charge in [0.05, 0.1) is 11.1 Å². The topological polar surface area (TPSA) is 75.1 Å². The molecule has 7 nitrogen and oxygen atoms in total. The van der Waals surface area contributed by atoms with Gasteiger partial charge in [0.2, 0.25) is 0 Å². The molecule has 0 amide bonds. The molecule has 1 aromatic carbocycles. The summed E-state index contributed by atoms with van der Waals surface area (Å²) in [5.41, 5.74) is 0.868. The van der Waals surface area contributed by atoms with Gasteiger partial charge in [-0.3, -0.25) is 15.1 Å². The molecule has 7 heteroatoms. The van der Waals surface area contributed by atoms with Gasteiger partial charge in [-0.1, -0.05) is 0 Å². The third kappa shape index (κ3) is 3.75. The molecule has 1 saturated heterocycles. The highest BCUT2D eigenvalue weighted by Gasteiger charge is 2.11. The molecule has 0 saturated carbocycles. The van der Waals surface area contributed by atoms with Gasteiger partial charge in [0.25, 0.3) is 5.69 Å². The van der Waals surface area contributed by atoms with Crippen molar-refractivity contribution in [1.29, 1.82) is 0 Å². The van der Waals surface area contributed by atoms with Crippen molar-refractivity contribution in [3.05, 3.63) is 52.3 Å². The Hall–Kier alpha value is -2.67. The molecular formula is C16H18N4O3. The van der Waals surface area contributed by atoms with Gasteiger partial charge in [-0.15, -0.1) is 0 Å². The quantitative estimate of drug-likeness (QED) is 0.492. The molecule has 1 aliphatic heterocycles. The monoisotopic (exact) mass is 314 g/mol. The summed E-state index contributed by atoms with van der Waals surface area (Å²) >= 11 is 0. The van der Waals surface area contributed by atoms with Crippen LogP contribution in [0.2, 0.25) is 0 Å². The molecule has 0 spiro atoms. The van der Waals surface area contributed by atoms with Crippen LogP contribution in [0.5, 0.6) is 0 Å². The Kier molecular flexibility index (Phi) is 4.38. The summed E-state index contributed by atoms with van der Waals surface area (Å²) in [4.78, 5) is 12.5. The molecule has 0 atom stereocenters. The number of nitro benzene ring substituents is 1. The van der Waals surface area contributed by atoms with Gasteiger partial charge in [-0.2, -0.15) is 5.10 Å². The van der Waals surface area contributed by atoms with E-state index in [9.17, 15) is 10.1 Å². The maximum absolute atomic E-state index is 10.7. The lowest BCUT2D eigenvalue weighted by molar-refractivity contribution is -0.384. The van der Waals surface area contributed by atoms with E-state index in [4.69, 9.17) is 4.42 Å². The number of hydrogen-bond donors (Lipinski definition) is 0. The van der Waals surface area contributed by atoms with E-state index < -0.39 is 4.92 Å². The molecule has 2 aromatic rings. The smallest absolute Gasteiger partial charge is 0.269 e. The molecule has 1 aromatic heterocycles. The predicted molar refractivity (Wildman–Crippen MR) is 87.5 cm³/mol. The van der Waals surface area contributed by atoms with Crippen molar-refractivity contribution in [2.75, 3.05) is 33.2 Å². The van der Waals surface area contributed by atoms with Gasteiger partial charge < -0.3 is 9.32 Å². The molecule has 0 aliphatic carbocycles. The molecule has 23 heavy (non-hydrogen) atoms. The normalized spacial score (nSPS) is 16.1. The third-order valence-electron chi connectivity index (χ3n) is 3.82. The summed E-state index contributed by atoms with van der Waals surface area (Å²) in [6, 6.07) is 9.98. The van der Waals surface area contributed by atoms with Crippen LogP contribution < -0.4 is 0 Å².